The minimum absolute atomic E-state index is 0.0265. The second-order valence-electron chi connectivity index (χ2n) is 5.08. The lowest BCUT2D eigenvalue weighted by Crippen LogP contribution is -2.25. The van der Waals surface area contributed by atoms with E-state index in [1.165, 1.54) is 6.07 Å². The fourth-order valence-corrected chi connectivity index (χ4v) is 2.75. The van der Waals surface area contributed by atoms with Crippen LogP contribution >= 0.6 is 0 Å². The van der Waals surface area contributed by atoms with Crippen LogP contribution in [0.15, 0.2) is 42.7 Å². The van der Waals surface area contributed by atoms with Crippen LogP contribution in [0, 0.1) is 11.7 Å². The van der Waals surface area contributed by atoms with Crippen LogP contribution in [0.3, 0.4) is 0 Å². The third-order valence-corrected chi connectivity index (χ3v) is 3.58. The molecule has 2 aromatic rings. The van der Waals surface area contributed by atoms with E-state index in [1.807, 2.05) is 12.1 Å². The van der Waals surface area contributed by atoms with Gasteiger partial charge in [-0.25, -0.2) is 14.4 Å². The van der Waals surface area contributed by atoms with E-state index in [0.717, 1.165) is 18.5 Å². The Morgan fingerprint density at radius 1 is 1.16 bits per heavy atom. The number of hydrogen-bond donors (Lipinski definition) is 0. The van der Waals surface area contributed by atoms with E-state index in [0.29, 0.717) is 11.9 Å². The largest absolute Gasteiger partial charge is 0.333 e. The highest BCUT2D eigenvalue weighted by atomic mass is 19.1. The highest BCUT2D eigenvalue weighted by Crippen LogP contribution is 2.37. The first kappa shape index (κ1) is 12.1. The molecule has 2 heterocycles. The molecule has 1 aromatic heterocycles. The van der Waals surface area contributed by atoms with Crippen molar-refractivity contribution in [2.75, 3.05) is 11.4 Å². The molecule has 3 rings (SSSR count). The van der Waals surface area contributed by atoms with Gasteiger partial charge in [0.15, 0.2) is 0 Å². The first-order chi connectivity index (χ1) is 9.25. The second kappa shape index (κ2) is 4.96. The van der Waals surface area contributed by atoms with Gasteiger partial charge in [-0.15, -0.1) is 0 Å². The van der Waals surface area contributed by atoms with Crippen molar-refractivity contribution >= 4 is 5.95 Å². The molecule has 0 spiro atoms. The molecule has 2 atom stereocenters. The molecule has 1 fully saturated rings. The lowest BCUT2D eigenvalue weighted by Gasteiger charge is -2.25. The van der Waals surface area contributed by atoms with Crippen LogP contribution < -0.4 is 4.90 Å². The lowest BCUT2D eigenvalue weighted by atomic mass is 10.0. The molecule has 0 amide bonds. The highest BCUT2D eigenvalue weighted by Gasteiger charge is 2.33. The van der Waals surface area contributed by atoms with Gasteiger partial charge in [0.25, 0.3) is 0 Å². The molecular formula is C15H16FN3. The summed E-state index contributed by atoms with van der Waals surface area (Å²) in [6.07, 6.45) is 4.38. The van der Waals surface area contributed by atoms with Crippen LogP contribution in [-0.2, 0) is 0 Å². The summed E-state index contributed by atoms with van der Waals surface area (Å²) in [5.74, 6) is 1.04. The van der Waals surface area contributed by atoms with Gasteiger partial charge in [-0.05, 0) is 24.5 Å². The Kier molecular flexibility index (Phi) is 3.15. The SMILES string of the molecule is CC1CC(c2ccccc2F)N(c2ncccn2)C1. The summed E-state index contributed by atoms with van der Waals surface area (Å²) >= 11 is 0. The first-order valence-corrected chi connectivity index (χ1v) is 6.54. The number of hydrogen-bond acceptors (Lipinski definition) is 3. The molecule has 0 N–H and O–H groups in total. The third kappa shape index (κ3) is 2.30. The fourth-order valence-electron chi connectivity index (χ4n) is 2.75. The summed E-state index contributed by atoms with van der Waals surface area (Å²) in [5.41, 5.74) is 0.735. The lowest BCUT2D eigenvalue weighted by molar-refractivity contribution is 0.562. The Morgan fingerprint density at radius 3 is 2.63 bits per heavy atom. The predicted octanol–water partition coefficient (Wildman–Crippen LogP) is 3.20. The molecule has 0 radical (unpaired) electrons. The van der Waals surface area contributed by atoms with Crippen LogP contribution in [0.1, 0.15) is 24.9 Å². The quantitative estimate of drug-likeness (QED) is 0.827. The van der Waals surface area contributed by atoms with Crippen LogP contribution in [0.5, 0.6) is 0 Å². The van der Waals surface area contributed by atoms with Gasteiger partial charge in [0.1, 0.15) is 5.82 Å². The van der Waals surface area contributed by atoms with Crippen molar-refractivity contribution in [1.29, 1.82) is 0 Å². The Bertz CT molecular complexity index is 558. The number of aromatic nitrogens is 2. The molecule has 1 saturated heterocycles. The van der Waals surface area contributed by atoms with Gasteiger partial charge in [0.05, 0.1) is 6.04 Å². The van der Waals surface area contributed by atoms with E-state index in [2.05, 4.69) is 21.8 Å². The topological polar surface area (TPSA) is 29.0 Å². The molecule has 3 nitrogen and oxygen atoms in total. The van der Waals surface area contributed by atoms with E-state index in [-0.39, 0.29) is 11.9 Å². The number of nitrogens with zero attached hydrogens (tertiary/aromatic N) is 3. The van der Waals surface area contributed by atoms with Gasteiger partial charge >= 0.3 is 0 Å². The Balaban J connectivity index is 1.98. The van der Waals surface area contributed by atoms with Crippen LogP contribution in [-0.4, -0.2) is 16.5 Å². The minimum atomic E-state index is -0.150. The Morgan fingerprint density at radius 2 is 1.89 bits per heavy atom. The summed E-state index contributed by atoms with van der Waals surface area (Å²) < 4.78 is 14.0. The van der Waals surface area contributed by atoms with Crippen LogP contribution in [0.25, 0.3) is 0 Å². The molecule has 0 bridgehead atoms. The molecule has 0 aliphatic carbocycles. The zero-order chi connectivity index (χ0) is 13.2. The van der Waals surface area contributed by atoms with Crippen molar-refractivity contribution in [2.24, 2.45) is 5.92 Å². The zero-order valence-corrected chi connectivity index (χ0v) is 10.8. The predicted molar refractivity (Wildman–Crippen MR) is 72.3 cm³/mol. The van der Waals surface area contributed by atoms with Crippen molar-refractivity contribution in [3.8, 4) is 0 Å². The first-order valence-electron chi connectivity index (χ1n) is 6.54. The van der Waals surface area contributed by atoms with Crippen molar-refractivity contribution < 1.29 is 4.39 Å². The van der Waals surface area contributed by atoms with E-state index >= 15 is 0 Å². The van der Waals surface area contributed by atoms with Gasteiger partial charge in [-0.1, -0.05) is 25.1 Å². The monoisotopic (exact) mass is 257 g/mol. The maximum Gasteiger partial charge on any atom is 0.225 e. The summed E-state index contributed by atoms with van der Waals surface area (Å²) in [5, 5.41) is 0. The van der Waals surface area contributed by atoms with Crippen LogP contribution in [0.4, 0.5) is 10.3 Å². The number of anilines is 1. The van der Waals surface area contributed by atoms with Crippen molar-refractivity contribution in [1.82, 2.24) is 9.97 Å². The summed E-state index contributed by atoms with van der Waals surface area (Å²) in [6, 6.07) is 8.79. The second-order valence-corrected chi connectivity index (χ2v) is 5.08. The van der Waals surface area contributed by atoms with Crippen molar-refractivity contribution in [3.63, 3.8) is 0 Å². The molecule has 98 valence electrons. The third-order valence-electron chi connectivity index (χ3n) is 3.58. The number of halogens is 1. The molecule has 0 saturated carbocycles. The standard InChI is InChI=1S/C15H16FN3/c1-11-9-14(12-5-2-3-6-13(12)16)19(10-11)15-17-7-4-8-18-15/h2-8,11,14H,9-10H2,1H3. The molecule has 1 aromatic carbocycles. The van der Waals surface area contributed by atoms with E-state index < -0.39 is 0 Å². The van der Waals surface area contributed by atoms with E-state index in [1.54, 1.807) is 24.5 Å². The summed E-state index contributed by atoms with van der Waals surface area (Å²) in [6.45, 7) is 3.04. The maximum absolute atomic E-state index is 14.0. The minimum Gasteiger partial charge on any atom is -0.333 e. The summed E-state index contributed by atoms with van der Waals surface area (Å²) in [4.78, 5) is 10.7. The van der Waals surface area contributed by atoms with Gasteiger partial charge in [-0.3, -0.25) is 0 Å². The van der Waals surface area contributed by atoms with Gasteiger partial charge in [-0.2, -0.15) is 0 Å². The molecule has 4 heteroatoms. The summed E-state index contributed by atoms with van der Waals surface area (Å²) in [7, 11) is 0. The smallest absolute Gasteiger partial charge is 0.225 e. The van der Waals surface area contributed by atoms with Crippen LogP contribution in [0.2, 0.25) is 0 Å². The maximum atomic E-state index is 14.0. The van der Waals surface area contributed by atoms with Crippen molar-refractivity contribution in [2.45, 2.75) is 19.4 Å². The van der Waals surface area contributed by atoms with E-state index in [4.69, 9.17) is 0 Å². The van der Waals surface area contributed by atoms with E-state index in [9.17, 15) is 4.39 Å². The Hall–Kier alpha value is -1.97. The molecule has 2 unspecified atom stereocenters. The molecule has 1 aliphatic heterocycles. The molecular weight excluding hydrogens is 241 g/mol. The number of benzene rings is 1. The molecule has 1 aliphatic rings. The average Bonchev–Trinajstić information content (AvgIpc) is 2.82. The van der Waals surface area contributed by atoms with Gasteiger partial charge in [0.2, 0.25) is 5.95 Å². The Labute approximate surface area is 112 Å². The van der Waals surface area contributed by atoms with Gasteiger partial charge < -0.3 is 4.90 Å². The van der Waals surface area contributed by atoms with Crippen molar-refractivity contribution in [3.05, 3.63) is 54.1 Å². The molecule has 19 heavy (non-hydrogen) atoms. The fraction of sp³-hybridized carbons (Fsp3) is 0.333. The van der Waals surface area contributed by atoms with Gasteiger partial charge in [0, 0.05) is 24.5 Å². The zero-order valence-electron chi connectivity index (χ0n) is 10.8. The highest BCUT2D eigenvalue weighted by molar-refractivity contribution is 5.38. The normalized spacial score (nSPS) is 22.7. The number of rotatable bonds is 2. The average molecular weight is 257 g/mol.